The minimum Gasteiger partial charge on any atom is -0.299 e. The average molecular weight is 276 g/mol. The van der Waals surface area contributed by atoms with Crippen LogP contribution in [-0.2, 0) is 14.4 Å². The van der Waals surface area contributed by atoms with Crippen LogP contribution in [0.4, 0.5) is 0 Å². The Morgan fingerprint density at radius 1 is 1.20 bits per heavy atom. The van der Waals surface area contributed by atoms with Gasteiger partial charge in [0.05, 0.1) is 5.41 Å². The molecule has 0 aromatic heterocycles. The Hall–Kier alpha value is -1.25. The molecule has 2 fully saturated rings. The lowest BCUT2D eigenvalue weighted by atomic mass is 9.46. The fourth-order valence-corrected chi connectivity index (χ4v) is 4.63. The van der Waals surface area contributed by atoms with Crippen LogP contribution in [0.1, 0.15) is 47.5 Å². The summed E-state index contributed by atoms with van der Waals surface area (Å²) in [6.07, 6.45) is 1.13. The highest BCUT2D eigenvalue weighted by atomic mass is 16.2. The van der Waals surface area contributed by atoms with Crippen LogP contribution in [0.3, 0.4) is 0 Å². The van der Waals surface area contributed by atoms with Gasteiger partial charge in [0, 0.05) is 11.3 Å². The first-order chi connectivity index (χ1) is 9.06. The van der Waals surface area contributed by atoms with Crippen molar-refractivity contribution in [3.8, 4) is 0 Å². The zero-order chi connectivity index (χ0) is 15.5. The van der Waals surface area contributed by atoms with E-state index in [9.17, 15) is 14.4 Å². The van der Waals surface area contributed by atoms with Gasteiger partial charge >= 0.3 is 0 Å². The van der Waals surface area contributed by atoms with Crippen molar-refractivity contribution in [1.82, 2.24) is 0 Å². The molecule has 0 N–H and O–H groups in total. The molecule has 0 spiro atoms. The van der Waals surface area contributed by atoms with Gasteiger partial charge in [-0.1, -0.05) is 32.9 Å². The lowest BCUT2D eigenvalue weighted by Gasteiger charge is -2.55. The van der Waals surface area contributed by atoms with Crippen LogP contribution in [0.2, 0.25) is 0 Å². The van der Waals surface area contributed by atoms with E-state index in [0.29, 0.717) is 6.42 Å². The molecule has 110 valence electrons. The van der Waals surface area contributed by atoms with E-state index in [4.69, 9.17) is 0 Å². The van der Waals surface area contributed by atoms with E-state index in [1.807, 2.05) is 20.8 Å². The van der Waals surface area contributed by atoms with Gasteiger partial charge in [0.1, 0.15) is 17.3 Å². The maximum atomic E-state index is 12.7. The van der Waals surface area contributed by atoms with Crippen molar-refractivity contribution in [2.45, 2.75) is 47.5 Å². The standard InChI is InChI=1S/C17H24O3/c1-9-8-17(11(3)18,12(4)19)14-7-13(9)16(5,6)15(20)10(14)2/h10,13-14H,1,7-8H2,2-6H3/t10-,13-,14-/m0/s1. The summed E-state index contributed by atoms with van der Waals surface area (Å²) in [4.78, 5) is 37.2. The second-order valence-corrected chi connectivity index (χ2v) is 7.19. The van der Waals surface area contributed by atoms with Crippen LogP contribution in [0.5, 0.6) is 0 Å². The zero-order valence-electron chi connectivity index (χ0n) is 13.1. The molecule has 0 unspecified atom stereocenters. The smallest absolute Gasteiger partial charge is 0.143 e. The summed E-state index contributed by atoms with van der Waals surface area (Å²) in [5.74, 6) is -0.409. The van der Waals surface area contributed by atoms with Gasteiger partial charge in [-0.2, -0.15) is 0 Å². The molecule has 2 aliphatic rings. The largest absolute Gasteiger partial charge is 0.299 e. The maximum Gasteiger partial charge on any atom is 0.143 e. The lowest BCUT2D eigenvalue weighted by molar-refractivity contribution is -0.157. The molecule has 0 amide bonds. The first-order valence-corrected chi connectivity index (χ1v) is 7.30. The van der Waals surface area contributed by atoms with Gasteiger partial charge in [-0.15, -0.1) is 0 Å². The lowest BCUT2D eigenvalue weighted by Crippen LogP contribution is -2.59. The molecule has 0 aromatic rings. The Balaban J connectivity index is 2.59. The predicted molar refractivity (Wildman–Crippen MR) is 77.1 cm³/mol. The van der Waals surface area contributed by atoms with Crippen LogP contribution >= 0.6 is 0 Å². The third-order valence-electron chi connectivity index (χ3n) is 5.90. The Morgan fingerprint density at radius 3 is 2.15 bits per heavy atom. The first-order valence-electron chi connectivity index (χ1n) is 7.30. The molecule has 0 heterocycles. The molecular formula is C17H24O3. The van der Waals surface area contributed by atoms with Crippen LogP contribution in [0.15, 0.2) is 12.2 Å². The summed E-state index contributed by atoms with van der Waals surface area (Å²) in [6, 6.07) is 0. The molecule has 3 atom stereocenters. The van der Waals surface area contributed by atoms with E-state index < -0.39 is 10.8 Å². The maximum absolute atomic E-state index is 12.7. The van der Waals surface area contributed by atoms with Crippen molar-refractivity contribution in [2.24, 2.45) is 28.6 Å². The van der Waals surface area contributed by atoms with Gasteiger partial charge in [-0.3, -0.25) is 14.4 Å². The number of carbonyl (C=O) groups excluding carboxylic acids is 3. The van der Waals surface area contributed by atoms with Gasteiger partial charge in [0.25, 0.3) is 0 Å². The minimum atomic E-state index is -1.03. The van der Waals surface area contributed by atoms with Crippen molar-refractivity contribution in [2.75, 3.05) is 0 Å². The Kier molecular flexibility index (Phi) is 3.31. The first kappa shape index (κ1) is 15.1. The number of fused-ring (bicyclic) bond motifs is 2. The van der Waals surface area contributed by atoms with Gasteiger partial charge < -0.3 is 0 Å². The monoisotopic (exact) mass is 276 g/mol. The fourth-order valence-electron chi connectivity index (χ4n) is 4.63. The van der Waals surface area contributed by atoms with Crippen LogP contribution in [0.25, 0.3) is 0 Å². The second kappa shape index (κ2) is 4.37. The minimum absolute atomic E-state index is 0.0861. The molecule has 0 saturated heterocycles. The molecule has 20 heavy (non-hydrogen) atoms. The molecule has 2 aliphatic carbocycles. The van der Waals surface area contributed by atoms with Crippen molar-refractivity contribution in [1.29, 1.82) is 0 Å². The summed E-state index contributed by atoms with van der Waals surface area (Å²) >= 11 is 0. The van der Waals surface area contributed by atoms with Gasteiger partial charge in [-0.05, 0) is 38.5 Å². The molecular weight excluding hydrogens is 252 g/mol. The molecule has 2 bridgehead atoms. The molecule has 3 nitrogen and oxygen atoms in total. The van der Waals surface area contributed by atoms with Crippen LogP contribution in [-0.4, -0.2) is 17.3 Å². The summed E-state index contributed by atoms with van der Waals surface area (Å²) in [6.45, 7) is 12.9. The summed E-state index contributed by atoms with van der Waals surface area (Å²) < 4.78 is 0. The van der Waals surface area contributed by atoms with E-state index >= 15 is 0 Å². The normalized spacial score (nSPS) is 34.8. The second-order valence-electron chi connectivity index (χ2n) is 7.19. The van der Waals surface area contributed by atoms with Crippen molar-refractivity contribution in [3.05, 3.63) is 12.2 Å². The molecule has 2 saturated carbocycles. The van der Waals surface area contributed by atoms with E-state index in [1.54, 1.807) is 0 Å². The number of allylic oxidation sites excluding steroid dienone is 1. The molecule has 0 radical (unpaired) electrons. The van der Waals surface area contributed by atoms with E-state index in [0.717, 1.165) is 12.0 Å². The Labute approximate surface area is 120 Å². The van der Waals surface area contributed by atoms with Gasteiger partial charge in [0.15, 0.2) is 0 Å². The van der Waals surface area contributed by atoms with Gasteiger partial charge in [0.2, 0.25) is 0 Å². The van der Waals surface area contributed by atoms with Crippen molar-refractivity contribution < 1.29 is 14.4 Å². The topological polar surface area (TPSA) is 51.2 Å². The quantitative estimate of drug-likeness (QED) is 0.575. The third-order valence-corrected chi connectivity index (χ3v) is 5.90. The number of rotatable bonds is 2. The van der Waals surface area contributed by atoms with Crippen molar-refractivity contribution >= 4 is 17.3 Å². The number of Topliss-reactive ketones (excluding diaryl/α,β-unsaturated/α-hetero) is 3. The summed E-state index contributed by atoms with van der Waals surface area (Å²) in [5, 5.41) is 0. The Bertz CT molecular complexity index is 498. The molecule has 0 aliphatic heterocycles. The summed E-state index contributed by atoms with van der Waals surface area (Å²) in [5.41, 5.74) is -0.580. The van der Waals surface area contributed by atoms with Gasteiger partial charge in [-0.25, -0.2) is 0 Å². The van der Waals surface area contributed by atoms with E-state index in [1.165, 1.54) is 13.8 Å². The van der Waals surface area contributed by atoms with Crippen molar-refractivity contribution in [3.63, 3.8) is 0 Å². The summed E-state index contributed by atoms with van der Waals surface area (Å²) in [7, 11) is 0. The highest BCUT2D eigenvalue weighted by Gasteiger charge is 2.61. The fraction of sp³-hybridized carbons (Fsp3) is 0.706. The highest BCUT2D eigenvalue weighted by molar-refractivity contribution is 6.07. The number of ketones is 3. The molecule has 3 heteroatoms. The molecule has 2 rings (SSSR count). The van der Waals surface area contributed by atoms with Crippen LogP contribution in [0, 0.1) is 28.6 Å². The van der Waals surface area contributed by atoms with E-state index in [2.05, 4.69) is 6.58 Å². The zero-order valence-corrected chi connectivity index (χ0v) is 13.1. The van der Waals surface area contributed by atoms with Crippen LogP contribution < -0.4 is 0 Å². The number of carbonyl (C=O) groups is 3. The third kappa shape index (κ3) is 1.68. The predicted octanol–water partition coefficient (Wildman–Crippen LogP) is 2.98. The molecule has 0 aromatic carbocycles. The number of hydrogen-bond donors (Lipinski definition) is 0. The average Bonchev–Trinajstić information content (AvgIpc) is 2.34. The SMILES string of the molecule is C=C1CC(C(C)=O)(C(C)=O)[C@H]2C[C@@H]1C(C)(C)C(=O)[C@H]2C. The van der Waals surface area contributed by atoms with E-state index in [-0.39, 0.29) is 35.1 Å². The number of hydrogen-bond acceptors (Lipinski definition) is 3. The Morgan fingerprint density at radius 2 is 1.70 bits per heavy atom. The highest BCUT2D eigenvalue weighted by Crippen LogP contribution is 2.59.